The van der Waals surface area contributed by atoms with Gasteiger partial charge in [0.25, 0.3) is 0 Å². The molecule has 126 valence electrons. The van der Waals surface area contributed by atoms with E-state index in [1.54, 1.807) is 43.5 Å². The van der Waals surface area contributed by atoms with E-state index >= 15 is 0 Å². The Morgan fingerprint density at radius 3 is 2.54 bits per heavy atom. The largest absolute Gasteiger partial charge is 0.487 e. The van der Waals surface area contributed by atoms with Crippen LogP contribution in [0.3, 0.4) is 0 Å². The molecule has 1 atom stereocenters. The zero-order valence-electron chi connectivity index (χ0n) is 13.1. The highest BCUT2D eigenvalue weighted by molar-refractivity contribution is 6.35. The number of rotatable bonds is 6. The van der Waals surface area contributed by atoms with E-state index in [0.717, 1.165) is 0 Å². The smallest absolute Gasteiger partial charge is 0.243 e. The normalized spacial score (nSPS) is 12.0. The molecule has 0 aliphatic rings. The summed E-state index contributed by atoms with van der Waals surface area (Å²) in [6.45, 7) is 1.83. The van der Waals surface area contributed by atoms with Gasteiger partial charge in [-0.1, -0.05) is 23.2 Å². The second-order valence-corrected chi connectivity index (χ2v) is 5.65. The lowest BCUT2D eigenvalue weighted by Crippen LogP contribution is -2.16. The lowest BCUT2D eigenvalue weighted by molar-refractivity contribution is -0.116. The number of likely N-dealkylation sites (N-methyl/N-ethyl adjacent to an activating group) is 1. The summed E-state index contributed by atoms with van der Waals surface area (Å²) in [5.41, 5.74) is 0. The van der Waals surface area contributed by atoms with Crippen molar-refractivity contribution < 1.29 is 14.3 Å². The number of aromatic nitrogens is 1. The minimum Gasteiger partial charge on any atom is -0.487 e. The fourth-order valence-electron chi connectivity index (χ4n) is 1.74. The molecule has 1 unspecified atom stereocenters. The van der Waals surface area contributed by atoms with Crippen LogP contribution >= 0.6 is 23.2 Å². The molecule has 1 heterocycles. The number of halogens is 2. The summed E-state index contributed by atoms with van der Waals surface area (Å²) in [6.07, 6.45) is 4.30. The first-order valence-corrected chi connectivity index (χ1v) is 7.89. The van der Waals surface area contributed by atoms with Crippen LogP contribution in [0.2, 0.25) is 10.0 Å². The molecule has 1 N–H and O–H groups in total. The lowest BCUT2D eigenvalue weighted by Gasteiger charge is -2.12. The van der Waals surface area contributed by atoms with Gasteiger partial charge in [0, 0.05) is 19.3 Å². The summed E-state index contributed by atoms with van der Waals surface area (Å²) in [4.78, 5) is 15.2. The van der Waals surface area contributed by atoms with Crippen LogP contribution in [-0.2, 0) is 4.79 Å². The van der Waals surface area contributed by atoms with Gasteiger partial charge in [0.05, 0.1) is 5.02 Å². The van der Waals surface area contributed by atoms with Gasteiger partial charge in [0.15, 0.2) is 0 Å². The number of carbonyl (C=O) groups excluding carboxylic acids is 1. The minimum absolute atomic E-state index is 0.179. The summed E-state index contributed by atoms with van der Waals surface area (Å²) >= 11 is 11.8. The van der Waals surface area contributed by atoms with E-state index in [2.05, 4.69) is 10.3 Å². The summed E-state index contributed by atoms with van der Waals surface area (Å²) in [7, 11) is 1.57. The minimum atomic E-state index is -0.249. The monoisotopic (exact) mass is 366 g/mol. The number of pyridine rings is 1. The van der Waals surface area contributed by atoms with E-state index in [1.807, 2.05) is 6.92 Å². The second-order valence-electron chi connectivity index (χ2n) is 4.81. The zero-order valence-corrected chi connectivity index (χ0v) is 14.6. The first-order valence-electron chi connectivity index (χ1n) is 7.13. The average molecular weight is 367 g/mol. The van der Waals surface area contributed by atoms with Crippen molar-refractivity contribution in [2.75, 3.05) is 7.05 Å². The van der Waals surface area contributed by atoms with E-state index in [4.69, 9.17) is 32.7 Å². The predicted octanol–water partition coefficient (Wildman–Crippen LogP) is 4.25. The Bertz CT molecular complexity index is 733. The number of amides is 1. The van der Waals surface area contributed by atoms with Crippen LogP contribution in [0.1, 0.15) is 6.92 Å². The van der Waals surface area contributed by atoms with Gasteiger partial charge in [-0.3, -0.25) is 4.79 Å². The van der Waals surface area contributed by atoms with Gasteiger partial charge in [-0.15, -0.1) is 0 Å². The molecule has 7 heteroatoms. The Balaban J connectivity index is 1.97. The first-order chi connectivity index (χ1) is 11.5. The molecule has 2 rings (SSSR count). The van der Waals surface area contributed by atoms with Crippen molar-refractivity contribution in [3.63, 3.8) is 0 Å². The Labute approximate surface area is 150 Å². The Morgan fingerprint density at radius 1 is 1.25 bits per heavy atom. The molecule has 0 bridgehead atoms. The predicted molar refractivity (Wildman–Crippen MR) is 94.1 cm³/mol. The fraction of sp³-hybridized carbons (Fsp3) is 0.176. The Morgan fingerprint density at radius 2 is 1.92 bits per heavy atom. The molecule has 2 aromatic rings. The number of nitrogens with one attached hydrogen (secondary N) is 1. The highest BCUT2D eigenvalue weighted by Gasteiger charge is 2.07. The van der Waals surface area contributed by atoms with Crippen molar-refractivity contribution in [1.82, 2.24) is 10.3 Å². The summed E-state index contributed by atoms with van der Waals surface area (Å²) < 4.78 is 11.3. The summed E-state index contributed by atoms with van der Waals surface area (Å²) in [6, 6.07) is 8.53. The first kappa shape index (κ1) is 18.1. The van der Waals surface area contributed by atoms with Crippen LogP contribution < -0.4 is 14.8 Å². The number of carbonyl (C=O) groups is 1. The van der Waals surface area contributed by atoms with Crippen molar-refractivity contribution in [1.29, 1.82) is 0 Å². The quantitative estimate of drug-likeness (QED) is 0.776. The lowest BCUT2D eigenvalue weighted by atomic mass is 10.3. The molecule has 24 heavy (non-hydrogen) atoms. The maximum Gasteiger partial charge on any atom is 0.243 e. The van der Waals surface area contributed by atoms with Gasteiger partial charge in [-0.25, -0.2) is 4.98 Å². The van der Waals surface area contributed by atoms with Gasteiger partial charge < -0.3 is 14.8 Å². The Kier molecular flexibility index (Phi) is 6.46. The number of nitrogens with zero attached hydrogens (tertiary/aromatic N) is 1. The molecular weight excluding hydrogens is 351 g/mol. The molecule has 1 amide bonds. The van der Waals surface area contributed by atoms with Crippen LogP contribution in [-0.4, -0.2) is 24.0 Å². The number of hydrogen-bond acceptors (Lipinski definition) is 4. The van der Waals surface area contributed by atoms with E-state index in [0.29, 0.717) is 21.5 Å². The molecular formula is C17H16Cl2N2O3. The maximum atomic E-state index is 11.1. The SMILES string of the molecule is CNC(=O)C=CC(C)Oc1ccc(Oc2ncc(Cl)cc2Cl)cc1. The van der Waals surface area contributed by atoms with Gasteiger partial charge >= 0.3 is 0 Å². The molecule has 1 aromatic heterocycles. The highest BCUT2D eigenvalue weighted by atomic mass is 35.5. The highest BCUT2D eigenvalue weighted by Crippen LogP contribution is 2.29. The van der Waals surface area contributed by atoms with Crippen molar-refractivity contribution in [3.05, 3.63) is 58.7 Å². The van der Waals surface area contributed by atoms with Gasteiger partial charge in [0.2, 0.25) is 11.8 Å². The molecule has 0 radical (unpaired) electrons. The van der Waals surface area contributed by atoms with E-state index in [9.17, 15) is 4.79 Å². The summed E-state index contributed by atoms with van der Waals surface area (Å²) in [5, 5.41) is 3.27. The standard InChI is InChI=1S/C17H16Cl2N2O3/c1-11(3-8-16(22)20-2)23-13-4-6-14(7-5-13)24-17-15(19)9-12(18)10-21-17/h3-11H,1-2H3,(H,20,22). The molecule has 0 aliphatic carbocycles. The van der Waals surface area contributed by atoms with Crippen molar-refractivity contribution in [2.45, 2.75) is 13.0 Å². The fourth-order valence-corrected chi connectivity index (χ4v) is 2.15. The Hall–Kier alpha value is -2.24. The molecule has 0 aliphatic heterocycles. The van der Waals surface area contributed by atoms with Crippen LogP contribution in [0.25, 0.3) is 0 Å². The van der Waals surface area contributed by atoms with Gasteiger partial charge in [0.1, 0.15) is 22.6 Å². The van der Waals surface area contributed by atoms with Crippen LogP contribution in [0.15, 0.2) is 48.7 Å². The molecule has 0 saturated carbocycles. The van der Waals surface area contributed by atoms with Gasteiger partial charge in [-0.05, 0) is 43.3 Å². The third kappa shape index (κ3) is 5.44. The van der Waals surface area contributed by atoms with Crippen molar-refractivity contribution >= 4 is 29.1 Å². The molecule has 0 fully saturated rings. The van der Waals surface area contributed by atoms with Crippen LogP contribution in [0.5, 0.6) is 17.4 Å². The van der Waals surface area contributed by atoms with E-state index in [1.165, 1.54) is 12.3 Å². The van der Waals surface area contributed by atoms with Crippen molar-refractivity contribution in [3.8, 4) is 17.4 Å². The number of ether oxygens (including phenoxy) is 2. The molecule has 5 nitrogen and oxygen atoms in total. The van der Waals surface area contributed by atoms with Crippen LogP contribution in [0, 0.1) is 0 Å². The van der Waals surface area contributed by atoms with E-state index in [-0.39, 0.29) is 17.9 Å². The van der Waals surface area contributed by atoms with E-state index < -0.39 is 0 Å². The van der Waals surface area contributed by atoms with Gasteiger partial charge in [-0.2, -0.15) is 0 Å². The van der Waals surface area contributed by atoms with Crippen molar-refractivity contribution in [2.24, 2.45) is 0 Å². The average Bonchev–Trinajstić information content (AvgIpc) is 2.57. The second kappa shape index (κ2) is 8.57. The molecule has 0 saturated heterocycles. The number of hydrogen-bond donors (Lipinski definition) is 1. The molecule has 1 aromatic carbocycles. The topological polar surface area (TPSA) is 60.5 Å². The molecule has 0 spiro atoms. The zero-order chi connectivity index (χ0) is 17.5. The third-order valence-electron chi connectivity index (χ3n) is 2.90. The maximum absolute atomic E-state index is 11.1. The van der Waals surface area contributed by atoms with Crippen LogP contribution in [0.4, 0.5) is 0 Å². The summed E-state index contributed by atoms with van der Waals surface area (Å²) in [5.74, 6) is 1.30. The third-order valence-corrected chi connectivity index (χ3v) is 3.38. The number of benzene rings is 1.